The van der Waals surface area contributed by atoms with Gasteiger partial charge in [0.1, 0.15) is 0 Å². The molecule has 0 saturated heterocycles. The SMILES string of the molecule is CC1(C)CC1C1=NN(c2ccccc2C(F)(F)F)C(=O)C1. The lowest BCUT2D eigenvalue weighted by Gasteiger charge is -2.17. The number of benzene rings is 1. The molecule has 0 aromatic heterocycles. The van der Waals surface area contributed by atoms with Gasteiger partial charge in [-0.3, -0.25) is 4.79 Å². The highest BCUT2D eigenvalue weighted by atomic mass is 19.4. The topological polar surface area (TPSA) is 32.7 Å². The molecule has 0 bridgehead atoms. The summed E-state index contributed by atoms with van der Waals surface area (Å²) in [6.07, 6.45) is -3.47. The van der Waals surface area contributed by atoms with Crippen molar-refractivity contribution < 1.29 is 18.0 Å². The van der Waals surface area contributed by atoms with Gasteiger partial charge in [0.05, 0.1) is 23.4 Å². The number of nitrogens with zero attached hydrogens (tertiary/aromatic N) is 2. The van der Waals surface area contributed by atoms with Gasteiger partial charge in [-0.2, -0.15) is 23.3 Å². The van der Waals surface area contributed by atoms with E-state index >= 15 is 0 Å². The Labute approximate surface area is 120 Å². The normalized spacial score (nSPS) is 24.2. The van der Waals surface area contributed by atoms with Crippen LogP contribution in [-0.4, -0.2) is 11.6 Å². The molecule has 1 atom stereocenters. The van der Waals surface area contributed by atoms with E-state index < -0.39 is 17.6 Å². The third kappa shape index (κ3) is 2.43. The van der Waals surface area contributed by atoms with Crippen LogP contribution in [0.1, 0.15) is 32.3 Å². The van der Waals surface area contributed by atoms with Crippen LogP contribution in [0.5, 0.6) is 0 Å². The quantitative estimate of drug-likeness (QED) is 0.816. The summed E-state index contributed by atoms with van der Waals surface area (Å²) < 4.78 is 39.1. The number of rotatable bonds is 2. The minimum Gasteiger partial charge on any atom is -0.272 e. The van der Waals surface area contributed by atoms with E-state index in [4.69, 9.17) is 0 Å². The predicted octanol–water partition coefficient (Wildman–Crippen LogP) is 3.84. The number of hydrazone groups is 1. The molecule has 1 unspecified atom stereocenters. The van der Waals surface area contributed by atoms with Crippen LogP contribution in [0.15, 0.2) is 29.4 Å². The van der Waals surface area contributed by atoms with Crippen LogP contribution in [0.3, 0.4) is 0 Å². The molecule has 1 aromatic rings. The molecule has 1 amide bonds. The Morgan fingerprint density at radius 2 is 1.90 bits per heavy atom. The number of para-hydroxylation sites is 1. The molecule has 0 N–H and O–H groups in total. The Kier molecular flexibility index (Phi) is 2.90. The number of alkyl halides is 3. The summed E-state index contributed by atoms with van der Waals surface area (Å²) in [7, 11) is 0. The number of amides is 1. The second kappa shape index (κ2) is 4.32. The van der Waals surface area contributed by atoms with Gasteiger partial charge in [0, 0.05) is 5.92 Å². The van der Waals surface area contributed by atoms with Gasteiger partial charge in [-0.05, 0) is 24.0 Å². The fraction of sp³-hybridized carbons (Fsp3) is 0.467. The van der Waals surface area contributed by atoms with Gasteiger partial charge in [0.15, 0.2) is 0 Å². The van der Waals surface area contributed by atoms with E-state index in [0.717, 1.165) is 17.5 Å². The molecule has 21 heavy (non-hydrogen) atoms. The maximum Gasteiger partial charge on any atom is 0.418 e. The summed E-state index contributed by atoms with van der Waals surface area (Å²) >= 11 is 0. The number of halogens is 3. The average Bonchev–Trinajstić information content (AvgIpc) is 2.85. The van der Waals surface area contributed by atoms with Gasteiger partial charge >= 0.3 is 6.18 Å². The fourth-order valence-electron chi connectivity index (χ4n) is 2.76. The summed E-state index contributed by atoms with van der Waals surface area (Å²) in [5.41, 5.74) is -0.234. The van der Waals surface area contributed by atoms with Gasteiger partial charge in [0.2, 0.25) is 0 Å². The Hall–Kier alpha value is -1.85. The number of hydrogen-bond acceptors (Lipinski definition) is 2. The molecule has 1 fully saturated rings. The van der Waals surface area contributed by atoms with Crippen molar-refractivity contribution in [2.75, 3.05) is 5.01 Å². The van der Waals surface area contributed by atoms with Crippen LogP contribution in [-0.2, 0) is 11.0 Å². The van der Waals surface area contributed by atoms with E-state index in [2.05, 4.69) is 18.9 Å². The van der Waals surface area contributed by atoms with Crippen LogP contribution in [0.4, 0.5) is 18.9 Å². The second-order valence-corrected chi connectivity index (χ2v) is 6.23. The average molecular weight is 296 g/mol. The Bertz CT molecular complexity index is 634. The predicted molar refractivity (Wildman–Crippen MR) is 72.9 cm³/mol. The molecule has 112 valence electrons. The highest BCUT2D eigenvalue weighted by Crippen LogP contribution is 2.54. The second-order valence-electron chi connectivity index (χ2n) is 6.23. The monoisotopic (exact) mass is 296 g/mol. The summed E-state index contributed by atoms with van der Waals surface area (Å²) in [6.45, 7) is 4.13. The summed E-state index contributed by atoms with van der Waals surface area (Å²) in [4.78, 5) is 12.1. The van der Waals surface area contributed by atoms with E-state index in [1.807, 2.05) is 0 Å². The zero-order valence-corrected chi connectivity index (χ0v) is 11.7. The van der Waals surface area contributed by atoms with Gasteiger partial charge in [-0.25, -0.2) is 0 Å². The van der Waals surface area contributed by atoms with Crippen molar-refractivity contribution in [3.63, 3.8) is 0 Å². The molecule has 3 nitrogen and oxygen atoms in total. The number of hydrogen-bond donors (Lipinski definition) is 0. The molecule has 1 aromatic carbocycles. The minimum absolute atomic E-state index is 0.0959. The van der Waals surface area contributed by atoms with E-state index in [1.54, 1.807) is 0 Å². The van der Waals surface area contributed by atoms with E-state index in [0.29, 0.717) is 5.71 Å². The number of anilines is 1. The molecule has 0 spiro atoms. The zero-order valence-electron chi connectivity index (χ0n) is 11.7. The maximum absolute atomic E-state index is 13.0. The van der Waals surface area contributed by atoms with Crippen LogP contribution in [0.25, 0.3) is 0 Å². The van der Waals surface area contributed by atoms with Crippen LogP contribution in [0, 0.1) is 11.3 Å². The van der Waals surface area contributed by atoms with Crippen molar-refractivity contribution in [1.29, 1.82) is 0 Å². The molecule has 1 saturated carbocycles. The number of carbonyl (C=O) groups is 1. The van der Waals surface area contributed by atoms with Crippen LogP contribution < -0.4 is 5.01 Å². The van der Waals surface area contributed by atoms with Crippen molar-refractivity contribution in [2.24, 2.45) is 16.4 Å². The van der Waals surface area contributed by atoms with Gasteiger partial charge in [-0.15, -0.1) is 0 Å². The lowest BCUT2D eigenvalue weighted by Crippen LogP contribution is -2.23. The smallest absolute Gasteiger partial charge is 0.272 e. The fourth-order valence-corrected chi connectivity index (χ4v) is 2.76. The maximum atomic E-state index is 13.0. The van der Waals surface area contributed by atoms with Gasteiger partial charge in [0.25, 0.3) is 5.91 Å². The van der Waals surface area contributed by atoms with Gasteiger partial charge in [-0.1, -0.05) is 26.0 Å². The highest BCUT2D eigenvalue weighted by molar-refractivity contribution is 6.14. The molecular weight excluding hydrogens is 281 g/mol. The molecule has 2 aliphatic rings. The minimum atomic E-state index is -4.51. The number of carbonyl (C=O) groups excluding carboxylic acids is 1. The molecule has 3 rings (SSSR count). The molecule has 1 aliphatic carbocycles. The first-order chi connectivity index (χ1) is 9.70. The first-order valence-electron chi connectivity index (χ1n) is 6.77. The van der Waals surface area contributed by atoms with Crippen molar-refractivity contribution in [1.82, 2.24) is 0 Å². The molecule has 1 heterocycles. The highest BCUT2D eigenvalue weighted by Gasteiger charge is 2.51. The third-order valence-electron chi connectivity index (χ3n) is 4.15. The summed E-state index contributed by atoms with van der Waals surface area (Å²) in [5.74, 6) is -0.200. The standard InChI is InChI=1S/C15H15F3N2O/c1-14(2)8-10(14)11-7-13(21)20(19-11)12-6-4-3-5-9(12)15(16,17)18/h3-6,10H,7-8H2,1-2H3. The lowest BCUT2D eigenvalue weighted by molar-refractivity contribution is -0.137. The molecule has 6 heteroatoms. The lowest BCUT2D eigenvalue weighted by atomic mass is 10.0. The van der Waals surface area contributed by atoms with Gasteiger partial charge < -0.3 is 0 Å². The Morgan fingerprint density at radius 1 is 1.29 bits per heavy atom. The van der Waals surface area contributed by atoms with E-state index in [9.17, 15) is 18.0 Å². The van der Waals surface area contributed by atoms with Crippen molar-refractivity contribution >= 4 is 17.3 Å². The van der Waals surface area contributed by atoms with E-state index in [1.165, 1.54) is 18.2 Å². The van der Waals surface area contributed by atoms with Crippen molar-refractivity contribution in [3.8, 4) is 0 Å². The Balaban J connectivity index is 1.96. The largest absolute Gasteiger partial charge is 0.418 e. The molecule has 1 aliphatic heterocycles. The Morgan fingerprint density at radius 3 is 2.48 bits per heavy atom. The molecule has 0 radical (unpaired) electrons. The van der Waals surface area contributed by atoms with Crippen LogP contribution in [0.2, 0.25) is 0 Å². The first kappa shape index (κ1) is 14.1. The molecular formula is C15H15F3N2O. The van der Waals surface area contributed by atoms with Crippen LogP contribution >= 0.6 is 0 Å². The zero-order chi connectivity index (χ0) is 15.4. The van der Waals surface area contributed by atoms with E-state index in [-0.39, 0.29) is 23.4 Å². The summed E-state index contributed by atoms with van der Waals surface area (Å²) in [6, 6.07) is 5.04. The van der Waals surface area contributed by atoms with Crippen molar-refractivity contribution in [2.45, 2.75) is 32.9 Å². The first-order valence-corrected chi connectivity index (χ1v) is 6.77. The third-order valence-corrected chi connectivity index (χ3v) is 4.15. The van der Waals surface area contributed by atoms with Crippen molar-refractivity contribution in [3.05, 3.63) is 29.8 Å². The summed E-state index contributed by atoms with van der Waals surface area (Å²) in [5, 5.41) is 5.08.